The van der Waals surface area contributed by atoms with Crippen molar-refractivity contribution >= 4 is 6.03 Å². The molecule has 114 valence electrons. The summed E-state index contributed by atoms with van der Waals surface area (Å²) in [6.07, 6.45) is 5.15. The third-order valence-corrected chi connectivity index (χ3v) is 3.24. The van der Waals surface area contributed by atoms with Gasteiger partial charge in [0, 0.05) is 43.9 Å². The van der Waals surface area contributed by atoms with Crippen LogP contribution in [0, 0.1) is 0 Å². The normalized spacial score (nSPS) is 10.6. The van der Waals surface area contributed by atoms with E-state index >= 15 is 0 Å². The van der Waals surface area contributed by atoms with E-state index in [-0.39, 0.29) is 6.03 Å². The molecule has 0 aliphatic heterocycles. The molecule has 0 aliphatic rings. The van der Waals surface area contributed by atoms with Crippen LogP contribution in [0.3, 0.4) is 0 Å². The molecule has 0 atom stereocenters. The van der Waals surface area contributed by atoms with Gasteiger partial charge in [0.05, 0.1) is 11.9 Å². The Labute approximate surface area is 123 Å². The quantitative estimate of drug-likeness (QED) is 0.845. The van der Waals surface area contributed by atoms with Gasteiger partial charge in [-0.2, -0.15) is 5.10 Å². The number of hydrogen-bond acceptors (Lipinski definition) is 4. The lowest BCUT2D eigenvalue weighted by atomic mass is 10.1. The van der Waals surface area contributed by atoms with Gasteiger partial charge in [-0.3, -0.25) is 4.68 Å². The van der Waals surface area contributed by atoms with Gasteiger partial charge in [0.15, 0.2) is 0 Å². The van der Waals surface area contributed by atoms with Crippen molar-refractivity contribution < 1.29 is 9.32 Å². The van der Waals surface area contributed by atoms with Gasteiger partial charge in [0.1, 0.15) is 5.76 Å². The molecule has 2 rings (SSSR count). The smallest absolute Gasteiger partial charge is 0.315 e. The first-order valence-electron chi connectivity index (χ1n) is 7.09. The minimum absolute atomic E-state index is 0.218. The van der Waals surface area contributed by atoms with Crippen LogP contribution in [0.1, 0.15) is 36.4 Å². The fraction of sp³-hybridized carbons (Fsp3) is 0.500. The number of urea groups is 1. The van der Waals surface area contributed by atoms with Crippen molar-refractivity contribution in [1.82, 2.24) is 25.6 Å². The van der Waals surface area contributed by atoms with Crippen LogP contribution >= 0.6 is 0 Å². The SMILES string of the molecule is CCc1noc(CC)c1CNC(=O)NCc1cnn(C)c1. The Bertz CT molecular complexity index is 581. The summed E-state index contributed by atoms with van der Waals surface area (Å²) in [5.74, 6) is 0.833. The van der Waals surface area contributed by atoms with Crippen molar-refractivity contribution in [3.05, 3.63) is 35.0 Å². The van der Waals surface area contributed by atoms with Gasteiger partial charge in [0.2, 0.25) is 0 Å². The molecule has 2 N–H and O–H groups in total. The average molecular weight is 291 g/mol. The summed E-state index contributed by atoms with van der Waals surface area (Å²) in [4.78, 5) is 11.8. The molecule has 0 aromatic carbocycles. The van der Waals surface area contributed by atoms with E-state index in [4.69, 9.17) is 4.52 Å². The van der Waals surface area contributed by atoms with Crippen LogP contribution in [0.25, 0.3) is 0 Å². The fourth-order valence-electron chi connectivity index (χ4n) is 2.11. The van der Waals surface area contributed by atoms with E-state index in [0.717, 1.165) is 35.4 Å². The first-order valence-corrected chi connectivity index (χ1v) is 7.09. The van der Waals surface area contributed by atoms with Crippen molar-refractivity contribution in [3.8, 4) is 0 Å². The van der Waals surface area contributed by atoms with Crippen molar-refractivity contribution in [1.29, 1.82) is 0 Å². The number of aromatic nitrogens is 3. The minimum Gasteiger partial charge on any atom is -0.361 e. The molecule has 0 unspecified atom stereocenters. The van der Waals surface area contributed by atoms with Crippen LogP contribution in [0.15, 0.2) is 16.9 Å². The van der Waals surface area contributed by atoms with E-state index < -0.39 is 0 Å². The Morgan fingerprint density at radius 2 is 2.05 bits per heavy atom. The second-order valence-corrected chi connectivity index (χ2v) is 4.80. The Balaban J connectivity index is 1.85. The van der Waals surface area contributed by atoms with Crippen LogP contribution in [0.5, 0.6) is 0 Å². The van der Waals surface area contributed by atoms with Gasteiger partial charge in [-0.15, -0.1) is 0 Å². The highest BCUT2D eigenvalue weighted by Crippen LogP contribution is 2.15. The molecule has 2 aromatic heterocycles. The molecule has 0 saturated carbocycles. The molecule has 0 saturated heterocycles. The number of carbonyl (C=O) groups is 1. The summed E-state index contributed by atoms with van der Waals surface area (Å²) >= 11 is 0. The largest absolute Gasteiger partial charge is 0.361 e. The second-order valence-electron chi connectivity index (χ2n) is 4.80. The van der Waals surface area contributed by atoms with Crippen molar-refractivity contribution in [2.75, 3.05) is 0 Å². The molecule has 0 fully saturated rings. The summed E-state index contributed by atoms with van der Waals surface area (Å²) in [5, 5.41) is 13.7. The fourth-order valence-corrected chi connectivity index (χ4v) is 2.11. The van der Waals surface area contributed by atoms with Crippen molar-refractivity contribution in [3.63, 3.8) is 0 Å². The number of aryl methyl sites for hydroxylation is 3. The minimum atomic E-state index is -0.218. The summed E-state index contributed by atoms with van der Waals surface area (Å²) in [6, 6.07) is -0.218. The highest BCUT2D eigenvalue weighted by atomic mass is 16.5. The van der Waals surface area contributed by atoms with Crippen LogP contribution in [-0.2, 0) is 33.0 Å². The second kappa shape index (κ2) is 6.92. The predicted molar refractivity (Wildman–Crippen MR) is 77.5 cm³/mol. The maximum absolute atomic E-state index is 11.8. The topological polar surface area (TPSA) is 85.0 Å². The number of nitrogens with one attached hydrogen (secondary N) is 2. The lowest BCUT2D eigenvalue weighted by molar-refractivity contribution is 0.240. The molecular weight excluding hydrogens is 270 g/mol. The highest BCUT2D eigenvalue weighted by Gasteiger charge is 2.14. The summed E-state index contributed by atoms with van der Waals surface area (Å²) < 4.78 is 6.97. The first-order chi connectivity index (χ1) is 10.1. The molecule has 2 amide bonds. The molecule has 2 heterocycles. The van der Waals surface area contributed by atoms with Crippen LogP contribution in [-0.4, -0.2) is 21.0 Å². The average Bonchev–Trinajstić information content (AvgIpc) is 3.08. The Kier molecular flexibility index (Phi) is 4.97. The lowest BCUT2D eigenvalue weighted by Crippen LogP contribution is -2.34. The number of nitrogens with zero attached hydrogens (tertiary/aromatic N) is 3. The molecule has 0 aliphatic carbocycles. The van der Waals surface area contributed by atoms with Crippen molar-refractivity contribution in [2.45, 2.75) is 39.8 Å². The van der Waals surface area contributed by atoms with E-state index in [2.05, 4.69) is 20.9 Å². The van der Waals surface area contributed by atoms with E-state index in [1.54, 1.807) is 10.9 Å². The predicted octanol–water partition coefficient (Wildman–Crippen LogP) is 1.53. The Morgan fingerprint density at radius 3 is 2.67 bits per heavy atom. The van der Waals surface area contributed by atoms with Crippen LogP contribution in [0.2, 0.25) is 0 Å². The van der Waals surface area contributed by atoms with Crippen LogP contribution in [0.4, 0.5) is 4.79 Å². The highest BCUT2D eigenvalue weighted by molar-refractivity contribution is 5.73. The molecule has 7 nitrogen and oxygen atoms in total. The number of rotatable bonds is 6. The van der Waals surface area contributed by atoms with Gasteiger partial charge in [-0.05, 0) is 6.42 Å². The summed E-state index contributed by atoms with van der Waals surface area (Å²) in [7, 11) is 1.84. The van der Waals surface area contributed by atoms with Crippen LogP contribution < -0.4 is 10.6 Å². The summed E-state index contributed by atoms with van der Waals surface area (Å²) in [5.41, 5.74) is 2.84. The monoisotopic (exact) mass is 291 g/mol. The van der Waals surface area contributed by atoms with Gasteiger partial charge >= 0.3 is 6.03 Å². The maximum atomic E-state index is 11.8. The van der Waals surface area contributed by atoms with Gasteiger partial charge in [0.25, 0.3) is 0 Å². The lowest BCUT2D eigenvalue weighted by Gasteiger charge is -2.07. The van der Waals surface area contributed by atoms with Gasteiger partial charge in [-0.1, -0.05) is 19.0 Å². The zero-order valence-corrected chi connectivity index (χ0v) is 12.6. The third-order valence-electron chi connectivity index (χ3n) is 3.24. The number of amides is 2. The molecule has 0 bridgehead atoms. The standard InChI is InChI=1S/C14H21N5O2/c1-4-12-11(13(5-2)21-18-12)8-16-14(20)15-6-10-7-17-19(3)9-10/h7,9H,4-6,8H2,1-3H3,(H2,15,16,20). The van der Waals surface area contributed by atoms with E-state index in [1.165, 1.54) is 0 Å². The van der Waals surface area contributed by atoms with Gasteiger partial charge in [-0.25, -0.2) is 4.79 Å². The molecule has 21 heavy (non-hydrogen) atoms. The van der Waals surface area contributed by atoms with Crippen molar-refractivity contribution in [2.24, 2.45) is 7.05 Å². The van der Waals surface area contributed by atoms with E-state index in [9.17, 15) is 4.79 Å². The zero-order chi connectivity index (χ0) is 15.2. The first kappa shape index (κ1) is 15.1. The molecule has 7 heteroatoms. The molecule has 0 spiro atoms. The third kappa shape index (κ3) is 3.84. The number of hydrogen-bond donors (Lipinski definition) is 2. The van der Waals surface area contributed by atoms with Gasteiger partial charge < -0.3 is 15.2 Å². The zero-order valence-electron chi connectivity index (χ0n) is 12.6. The molecular formula is C14H21N5O2. The number of carbonyl (C=O) groups excluding carboxylic acids is 1. The molecule has 2 aromatic rings. The molecule has 0 radical (unpaired) electrons. The van der Waals surface area contributed by atoms with E-state index in [0.29, 0.717) is 13.1 Å². The Morgan fingerprint density at radius 1 is 1.29 bits per heavy atom. The Hall–Kier alpha value is -2.31. The maximum Gasteiger partial charge on any atom is 0.315 e. The van der Waals surface area contributed by atoms with E-state index in [1.807, 2.05) is 27.1 Å². The summed E-state index contributed by atoms with van der Waals surface area (Å²) in [6.45, 7) is 4.90.